The maximum absolute atomic E-state index is 13.1. The Morgan fingerprint density at radius 1 is 1.09 bits per heavy atom. The van der Waals surface area contributed by atoms with Gasteiger partial charge in [0.05, 0.1) is 37.0 Å². The first-order valence-electron chi connectivity index (χ1n) is 10.4. The minimum absolute atomic E-state index is 0.187. The summed E-state index contributed by atoms with van der Waals surface area (Å²) in [6, 6.07) is 13.8. The van der Waals surface area contributed by atoms with Crippen LogP contribution < -0.4 is 0 Å². The Kier molecular flexibility index (Phi) is 8.17. The van der Waals surface area contributed by atoms with Crippen LogP contribution in [0.25, 0.3) is 0 Å². The quantitative estimate of drug-likeness (QED) is 0.372. The number of hydrogen-bond donors (Lipinski definition) is 2. The Morgan fingerprint density at radius 2 is 1.69 bits per heavy atom. The molecule has 9 heteroatoms. The highest BCUT2D eigenvalue weighted by atomic mass is 35.5. The zero-order valence-corrected chi connectivity index (χ0v) is 21.3. The topological polar surface area (TPSA) is 76.8 Å². The van der Waals surface area contributed by atoms with Crippen molar-refractivity contribution in [2.24, 2.45) is 10.9 Å². The molecule has 0 bridgehead atoms. The third kappa shape index (κ3) is 6.00. The van der Waals surface area contributed by atoms with Gasteiger partial charge in [-0.1, -0.05) is 60.0 Å². The molecule has 1 saturated heterocycles. The van der Waals surface area contributed by atoms with Crippen molar-refractivity contribution < 1.29 is 9.90 Å². The van der Waals surface area contributed by atoms with E-state index in [4.69, 9.17) is 40.2 Å². The van der Waals surface area contributed by atoms with Crippen LogP contribution in [0.4, 0.5) is 5.69 Å². The van der Waals surface area contributed by atoms with Crippen molar-refractivity contribution >= 4 is 65.9 Å². The molecule has 0 aromatic heterocycles. The Labute approximate surface area is 204 Å². The van der Waals surface area contributed by atoms with Crippen LogP contribution in [0.3, 0.4) is 0 Å². The fourth-order valence-electron chi connectivity index (χ4n) is 3.62. The highest BCUT2D eigenvalue weighted by Gasteiger charge is 2.34. The zero-order chi connectivity index (χ0) is 23.5. The van der Waals surface area contributed by atoms with Crippen molar-refractivity contribution in [3.05, 3.63) is 63.1 Å². The first-order valence-corrected chi connectivity index (χ1v) is 14.9. The van der Waals surface area contributed by atoms with Gasteiger partial charge in [-0.15, -0.1) is 0 Å². The number of benzene rings is 2. The number of nitrogens with one attached hydrogen (secondary N) is 1. The lowest BCUT2D eigenvalue weighted by molar-refractivity contribution is -0.124. The molecule has 0 spiro atoms. The average molecular weight is 511 g/mol. The van der Waals surface area contributed by atoms with E-state index in [1.54, 1.807) is 47.4 Å². The van der Waals surface area contributed by atoms with Gasteiger partial charge < -0.3 is 10.0 Å². The third-order valence-electron chi connectivity index (χ3n) is 5.79. The summed E-state index contributed by atoms with van der Waals surface area (Å²) >= 11 is 18.4. The normalized spacial score (nSPS) is 17.2. The molecule has 2 N–H and O–H groups in total. The number of nitrogens with zero attached hydrogens (tertiary/aromatic N) is 2. The Balaban J connectivity index is 1.98. The molecule has 2 aromatic carbocycles. The van der Waals surface area contributed by atoms with Crippen molar-refractivity contribution in [1.82, 2.24) is 4.90 Å². The van der Waals surface area contributed by atoms with Gasteiger partial charge >= 0.3 is 0 Å². The van der Waals surface area contributed by atoms with Crippen molar-refractivity contribution in [3.63, 3.8) is 0 Å². The van der Waals surface area contributed by atoms with Crippen molar-refractivity contribution in [3.8, 4) is 0 Å². The van der Waals surface area contributed by atoms with Crippen LogP contribution in [-0.2, 0) is 4.79 Å². The second-order valence-corrected chi connectivity index (χ2v) is 15.3. The fourth-order valence-corrected chi connectivity index (χ4v) is 6.19. The molecule has 1 atom stereocenters. The van der Waals surface area contributed by atoms with E-state index in [1.807, 2.05) is 0 Å². The predicted octanol–water partition coefficient (Wildman–Crippen LogP) is 5.95. The summed E-state index contributed by atoms with van der Waals surface area (Å²) in [6.07, 6.45) is 0. The number of rotatable bonds is 6. The molecule has 0 saturated carbocycles. The van der Waals surface area contributed by atoms with Crippen LogP contribution in [0, 0.1) is 11.3 Å². The summed E-state index contributed by atoms with van der Waals surface area (Å²) in [4.78, 5) is 19.5. The Morgan fingerprint density at radius 3 is 2.25 bits per heavy atom. The van der Waals surface area contributed by atoms with Crippen molar-refractivity contribution in [1.29, 1.82) is 5.41 Å². The van der Waals surface area contributed by atoms with Gasteiger partial charge in [0.1, 0.15) is 5.71 Å². The molecule has 1 heterocycles. The molecule has 2 aromatic rings. The molecule has 1 unspecified atom stereocenters. The third-order valence-corrected chi connectivity index (χ3v) is 9.73. The van der Waals surface area contributed by atoms with Gasteiger partial charge in [-0.2, -0.15) is 0 Å². The summed E-state index contributed by atoms with van der Waals surface area (Å²) < 4.78 is 0. The Bertz CT molecular complexity index is 1030. The molecule has 1 amide bonds. The van der Waals surface area contributed by atoms with E-state index >= 15 is 0 Å². The van der Waals surface area contributed by atoms with Gasteiger partial charge in [0.25, 0.3) is 5.91 Å². The zero-order valence-electron chi connectivity index (χ0n) is 18.0. The van der Waals surface area contributed by atoms with E-state index in [0.29, 0.717) is 45.1 Å². The summed E-state index contributed by atoms with van der Waals surface area (Å²) in [5, 5.41) is 20.3. The van der Waals surface area contributed by atoms with E-state index in [9.17, 15) is 9.90 Å². The molecule has 1 fully saturated rings. The standard InChI is InChI=1S/C23H26Cl3N3O2Si/c1-32(2)11-9-29(10-12-32)23(31)21(27)18(14-30)22(15-3-5-16(24)6-4-15)28-20-8-7-17(25)13-19(20)26/h3-8,13,18,27,30H,9-12,14H2,1-2H3. The number of aliphatic hydroxyl groups excluding tert-OH is 1. The summed E-state index contributed by atoms with van der Waals surface area (Å²) in [7, 11) is -1.27. The first-order chi connectivity index (χ1) is 15.1. The van der Waals surface area contributed by atoms with Crippen LogP contribution in [0.5, 0.6) is 0 Å². The monoisotopic (exact) mass is 509 g/mol. The molecular formula is C23H26Cl3N3O2Si. The first kappa shape index (κ1) is 24.9. The van der Waals surface area contributed by atoms with E-state index in [1.165, 1.54) is 0 Å². The highest BCUT2D eigenvalue weighted by Crippen LogP contribution is 2.30. The lowest BCUT2D eigenvalue weighted by atomic mass is 9.91. The second kappa shape index (κ2) is 10.5. The minimum atomic E-state index is -1.27. The second-order valence-electron chi connectivity index (χ2n) is 8.70. The van der Waals surface area contributed by atoms with Crippen LogP contribution in [0.1, 0.15) is 5.56 Å². The average Bonchev–Trinajstić information content (AvgIpc) is 2.75. The number of aliphatic imine (C=N–C) groups is 1. The fraction of sp³-hybridized carbons (Fsp3) is 0.348. The molecule has 32 heavy (non-hydrogen) atoms. The number of halogens is 3. The molecule has 0 aliphatic carbocycles. The van der Waals surface area contributed by atoms with Gasteiger partial charge in [0.2, 0.25) is 0 Å². The molecule has 5 nitrogen and oxygen atoms in total. The van der Waals surface area contributed by atoms with Gasteiger partial charge in [-0.05, 0) is 48.0 Å². The van der Waals surface area contributed by atoms with Crippen molar-refractivity contribution in [2.75, 3.05) is 19.7 Å². The molecule has 1 aliphatic heterocycles. The molecule has 0 radical (unpaired) electrons. The number of carbonyl (C=O) groups is 1. The summed E-state index contributed by atoms with van der Waals surface area (Å²) in [5.41, 5.74) is 1.26. The molecule has 1 aliphatic rings. The van der Waals surface area contributed by atoms with Gasteiger partial charge in [-0.3, -0.25) is 15.2 Å². The predicted molar refractivity (Wildman–Crippen MR) is 136 cm³/mol. The van der Waals surface area contributed by atoms with Crippen LogP contribution in [0.2, 0.25) is 40.3 Å². The van der Waals surface area contributed by atoms with Crippen molar-refractivity contribution in [2.45, 2.75) is 25.2 Å². The van der Waals surface area contributed by atoms with Crippen LogP contribution in [0.15, 0.2) is 47.5 Å². The van der Waals surface area contributed by atoms with E-state index in [0.717, 1.165) is 12.1 Å². The van der Waals surface area contributed by atoms with Crippen LogP contribution in [-0.4, -0.2) is 55.1 Å². The van der Waals surface area contributed by atoms with Gasteiger partial charge in [0, 0.05) is 23.1 Å². The number of amides is 1. The number of carbonyl (C=O) groups excluding carboxylic acids is 1. The molecular weight excluding hydrogens is 485 g/mol. The van der Waals surface area contributed by atoms with Gasteiger partial charge in [0.15, 0.2) is 0 Å². The number of aliphatic hydroxyl groups is 1. The van der Waals surface area contributed by atoms with E-state index in [2.05, 4.69) is 18.1 Å². The number of hydrogen-bond acceptors (Lipinski definition) is 4. The maximum atomic E-state index is 13.1. The minimum Gasteiger partial charge on any atom is -0.395 e. The van der Waals surface area contributed by atoms with E-state index < -0.39 is 20.6 Å². The van der Waals surface area contributed by atoms with Gasteiger partial charge in [-0.25, -0.2) is 0 Å². The maximum Gasteiger partial charge on any atom is 0.268 e. The smallest absolute Gasteiger partial charge is 0.268 e. The lowest BCUT2D eigenvalue weighted by Crippen LogP contribution is -2.49. The Hall–Kier alpha value is -1.70. The summed E-state index contributed by atoms with van der Waals surface area (Å²) in [5.74, 6) is -1.28. The SMILES string of the molecule is C[Si]1(C)CCN(C(=O)C(=N)C(CO)C(=Nc2ccc(Cl)cc2Cl)c2ccc(Cl)cc2)CC1. The summed E-state index contributed by atoms with van der Waals surface area (Å²) in [6.45, 7) is 5.49. The molecule has 170 valence electrons. The molecule has 3 rings (SSSR count). The van der Waals surface area contributed by atoms with E-state index in [-0.39, 0.29) is 11.6 Å². The lowest BCUT2D eigenvalue weighted by Gasteiger charge is -2.36. The largest absolute Gasteiger partial charge is 0.395 e. The van der Waals surface area contributed by atoms with Crippen LogP contribution >= 0.6 is 34.8 Å². The highest BCUT2D eigenvalue weighted by molar-refractivity contribution is 6.77.